The minimum Gasteiger partial charge on any atom is -0.393 e. The van der Waals surface area contributed by atoms with E-state index in [9.17, 15) is 13.2 Å². The molecule has 0 bridgehead atoms. The van der Waals surface area contributed by atoms with Crippen molar-refractivity contribution in [3.05, 3.63) is 29.3 Å². The number of carbonyl (C=O) groups is 1. The third kappa shape index (κ3) is 2.94. The van der Waals surface area contributed by atoms with Crippen molar-refractivity contribution >= 4 is 15.9 Å². The van der Waals surface area contributed by atoms with Gasteiger partial charge in [-0.3, -0.25) is 4.79 Å². The van der Waals surface area contributed by atoms with Gasteiger partial charge < -0.3 is 10.8 Å². The van der Waals surface area contributed by atoms with Crippen molar-refractivity contribution in [1.29, 1.82) is 0 Å². The van der Waals surface area contributed by atoms with Gasteiger partial charge in [0.15, 0.2) is 0 Å². The number of nitrogens with one attached hydrogen (secondary N) is 1. The Kier molecular flexibility index (Phi) is 3.62. The first-order valence-corrected chi connectivity index (χ1v) is 7.39. The molecule has 19 heavy (non-hydrogen) atoms. The Labute approximate surface area is 111 Å². The summed E-state index contributed by atoms with van der Waals surface area (Å²) in [5.74, 6) is -0.659. The average molecular weight is 284 g/mol. The summed E-state index contributed by atoms with van der Waals surface area (Å²) in [6.45, 7) is 1.69. The number of aryl methyl sites for hydroxylation is 1. The van der Waals surface area contributed by atoms with Crippen molar-refractivity contribution in [2.24, 2.45) is 5.73 Å². The number of benzene rings is 1. The number of hydrogen-bond donors (Lipinski definition) is 3. The fourth-order valence-corrected chi connectivity index (χ4v) is 3.29. The lowest BCUT2D eigenvalue weighted by molar-refractivity contribution is 0.0712. The number of hydrogen-bond acceptors (Lipinski definition) is 4. The normalized spacial score (nSPS) is 22.8. The molecule has 1 aliphatic carbocycles. The molecule has 2 rings (SSSR count). The number of aliphatic hydroxyl groups is 1. The van der Waals surface area contributed by atoms with E-state index >= 15 is 0 Å². The number of amides is 1. The van der Waals surface area contributed by atoms with Crippen molar-refractivity contribution in [2.45, 2.75) is 36.8 Å². The second kappa shape index (κ2) is 4.92. The van der Waals surface area contributed by atoms with E-state index < -0.39 is 22.0 Å². The fraction of sp³-hybridized carbons (Fsp3) is 0.417. The van der Waals surface area contributed by atoms with Crippen molar-refractivity contribution < 1.29 is 18.3 Å². The van der Waals surface area contributed by atoms with Gasteiger partial charge >= 0.3 is 0 Å². The second-order valence-corrected chi connectivity index (χ2v) is 6.50. The van der Waals surface area contributed by atoms with Crippen molar-refractivity contribution in [2.75, 3.05) is 0 Å². The van der Waals surface area contributed by atoms with Gasteiger partial charge in [-0.25, -0.2) is 13.1 Å². The molecule has 0 aliphatic heterocycles. The van der Waals surface area contributed by atoms with E-state index in [1.165, 1.54) is 12.1 Å². The third-order valence-corrected chi connectivity index (χ3v) is 4.74. The molecule has 0 unspecified atom stereocenters. The Morgan fingerprint density at radius 1 is 1.42 bits per heavy atom. The van der Waals surface area contributed by atoms with E-state index in [4.69, 9.17) is 10.8 Å². The monoisotopic (exact) mass is 284 g/mol. The molecular formula is C12H16N2O4S. The Morgan fingerprint density at radius 2 is 2.05 bits per heavy atom. The van der Waals surface area contributed by atoms with E-state index in [2.05, 4.69) is 4.72 Å². The van der Waals surface area contributed by atoms with Crippen LogP contribution in [0.2, 0.25) is 0 Å². The van der Waals surface area contributed by atoms with Gasteiger partial charge in [0.05, 0.1) is 11.0 Å². The molecular weight excluding hydrogens is 268 g/mol. The standard InChI is InChI=1S/C12H16N2O4S/c1-7-2-3-10(6-11(7)12(13)16)19(17,18)14-8-4-9(15)5-8/h2-3,6,8-9,14-15H,4-5H2,1H3,(H2,13,16). The Balaban J connectivity index is 2.25. The van der Waals surface area contributed by atoms with Gasteiger partial charge in [-0.2, -0.15) is 0 Å². The molecule has 0 heterocycles. The molecule has 1 fully saturated rings. The maximum absolute atomic E-state index is 12.1. The van der Waals surface area contributed by atoms with Crippen LogP contribution < -0.4 is 10.5 Å². The van der Waals surface area contributed by atoms with Crippen molar-refractivity contribution in [1.82, 2.24) is 4.72 Å². The molecule has 0 aromatic heterocycles. The summed E-state index contributed by atoms with van der Waals surface area (Å²) in [4.78, 5) is 11.2. The van der Waals surface area contributed by atoms with Crippen molar-refractivity contribution in [3.8, 4) is 0 Å². The Hall–Kier alpha value is -1.44. The van der Waals surface area contributed by atoms with Crippen LogP contribution in [0.5, 0.6) is 0 Å². The highest BCUT2D eigenvalue weighted by Gasteiger charge is 2.31. The van der Waals surface area contributed by atoms with E-state index in [1.807, 2.05) is 0 Å². The van der Waals surface area contributed by atoms with Gasteiger partial charge in [0, 0.05) is 11.6 Å². The van der Waals surface area contributed by atoms with Crippen LogP contribution in [0.25, 0.3) is 0 Å². The van der Waals surface area contributed by atoms with Gasteiger partial charge in [-0.1, -0.05) is 6.07 Å². The lowest BCUT2D eigenvalue weighted by Crippen LogP contribution is -2.46. The molecule has 1 saturated carbocycles. The molecule has 104 valence electrons. The van der Waals surface area contributed by atoms with Crippen LogP contribution in [-0.4, -0.2) is 31.6 Å². The first-order chi connectivity index (χ1) is 8.79. The topological polar surface area (TPSA) is 109 Å². The first kappa shape index (κ1) is 14.0. The number of sulfonamides is 1. The number of carbonyl (C=O) groups excluding carboxylic acids is 1. The maximum atomic E-state index is 12.1. The summed E-state index contributed by atoms with van der Waals surface area (Å²) in [7, 11) is -3.69. The number of primary amides is 1. The summed E-state index contributed by atoms with van der Waals surface area (Å²) < 4.78 is 26.7. The van der Waals surface area contributed by atoms with E-state index in [-0.39, 0.29) is 16.5 Å². The minimum absolute atomic E-state index is 0.00768. The summed E-state index contributed by atoms with van der Waals surface area (Å²) in [6, 6.07) is 4.00. The second-order valence-electron chi connectivity index (χ2n) is 4.78. The zero-order chi connectivity index (χ0) is 14.2. The molecule has 1 aromatic carbocycles. The summed E-state index contributed by atoms with van der Waals surface area (Å²) >= 11 is 0. The van der Waals surface area contributed by atoms with Gasteiger partial charge in [0.1, 0.15) is 0 Å². The van der Waals surface area contributed by atoms with Crippen molar-refractivity contribution in [3.63, 3.8) is 0 Å². The molecule has 1 aromatic rings. The third-order valence-electron chi connectivity index (χ3n) is 3.22. The SMILES string of the molecule is Cc1ccc(S(=O)(=O)NC2CC(O)C2)cc1C(N)=O. The maximum Gasteiger partial charge on any atom is 0.249 e. The first-order valence-electron chi connectivity index (χ1n) is 5.90. The molecule has 1 amide bonds. The lowest BCUT2D eigenvalue weighted by Gasteiger charge is -2.31. The average Bonchev–Trinajstić information content (AvgIpc) is 2.26. The molecule has 0 saturated heterocycles. The molecule has 1 aliphatic rings. The van der Waals surface area contributed by atoms with Gasteiger partial charge in [-0.15, -0.1) is 0 Å². The quantitative estimate of drug-likeness (QED) is 0.717. The number of aliphatic hydroxyl groups excluding tert-OH is 1. The zero-order valence-electron chi connectivity index (χ0n) is 10.5. The van der Waals surface area contributed by atoms with Crippen LogP contribution in [0.1, 0.15) is 28.8 Å². The molecule has 0 spiro atoms. The highest BCUT2D eigenvalue weighted by atomic mass is 32.2. The number of rotatable bonds is 4. The van der Waals surface area contributed by atoms with Crippen LogP contribution in [0.3, 0.4) is 0 Å². The van der Waals surface area contributed by atoms with Gasteiger partial charge in [0.2, 0.25) is 15.9 Å². The molecule has 4 N–H and O–H groups in total. The molecule has 6 nitrogen and oxygen atoms in total. The highest BCUT2D eigenvalue weighted by Crippen LogP contribution is 2.22. The largest absolute Gasteiger partial charge is 0.393 e. The molecule has 0 atom stereocenters. The van der Waals surface area contributed by atoms with Crippen LogP contribution in [0.4, 0.5) is 0 Å². The summed E-state index contributed by atoms with van der Waals surface area (Å²) in [5.41, 5.74) is 6.02. The van der Waals surface area contributed by atoms with Crippen LogP contribution in [-0.2, 0) is 10.0 Å². The Morgan fingerprint density at radius 3 is 2.58 bits per heavy atom. The van der Waals surface area contributed by atoms with E-state index in [0.717, 1.165) is 0 Å². The van der Waals surface area contributed by atoms with E-state index in [1.54, 1.807) is 13.0 Å². The zero-order valence-corrected chi connectivity index (χ0v) is 11.3. The van der Waals surface area contributed by atoms with Gasteiger partial charge in [-0.05, 0) is 37.5 Å². The predicted octanol–water partition coefficient (Wildman–Crippen LogP) is -0.104. The Bertz CT molecular complexity index is 606. The molecule has 0 radical (unpaired) electrons. The summed E-state index contributed by atoms with van der Waals surface area (Å²) in [6.07, 6.45) is 0.383. The smallest absolute Gasteiger partial charge is 0.249 e. The van der Waals surface area contributed by atoms with Crippen LogP contribution >= 0.6 is 0 Å². The van der Waals surface area contributed by atoms with E-state index in [0.29, 0.717) is 18.4 Å². The predicted molar refractivity (Wildman–Crippen MR) is 69.0 cm³/mol. The fourth-order valence-electron chi connectivity index (χ4n) is 2.01. The minimum atomic E-state index is -3.69. The van der Waals surface area contributed by atoms with Gasteiger partial charge in [0.25, 0.3) is 0 Å². The molecule has 7 heteroatoms. The van der Waals surface area contributed by atoms with Crippen LogP contribution in [0, 0.1) is 6.92 Å². The van der Waals surface area contributed by atoms with Crippen LogP contribution in [0.15, 0.2) is 23.1 Å². The highest BCUT2D eigenvalue weighted by molar-refractivity contribution is 7.89. The number of nitrogens with two attached hydrogens (primary N) is 1. The lowest BCUT2D eigenvalue weighted by atomic mass is 9.91. The summed E-state index contributed by atoms with van der Waals surface area (Å²) in [5, 5.41) is 9.14.